The van der Waals surface area contributed by atoms with Crippen LogP contribution in [0.15, 0.2) is 65.8 Å². The molecule has 2 aromatic carbocycles. The number of aromatic amines is 1. The van der Waals surface area contributed by atoms with Crippen molar-refractivity contribution in [1.82, 2.24) is 78.2 Å². The van der Waals surface area contributed by atoms with Crippen molar-refractivity contribution in [3.8, 4) is 0 Å². The second-order valence-corrected chi connectivity index (χ2v) is 31.8. The van der Waals surface area contributed by atoms with E-state index in [2.05, 4.69) is 68.5 Å². The molecule has 43 heteroatoms. The molecule has 118 heavy (non-hydrogen) atoms. The minimum atomic E-state index is -5.42. The summed E-state index contributed by atoms with van der Waals surface area (Å²) in [7, 11) is -3.44. The molecule has 0 aliphatic carbocycles. The summed E-state index contributed by atoms with van der Waals surface area (Å²) in [4.78, 5) is 248. The Balaban J connectivity index is 1.53. The first-order valence-electron chi connectivity index (χ1n) is 38.4. The molecule has 2 saturated heterocycles. The van der Waals surface area contributed by atoms with Crippen LogP contribution in [0.3, 0.4) is 0 Å². The van der Waals surface area contributed by atoms with E-state index in [-0.39, 0.29) is 45.2 Å². The Hall–Kier alpha value is -11.9. The van der Waals surface area contributed by atoms with Crippen LogP contribution in [0, 0.1) is 17.8 Å². The SMILES string of the molecule is CC(C)CC1NC(=O)C(CCC(N)=O)N(C)C(=O)C(NC(=O)C(CS(=O)(=O)O)NC(=O)C(CCCN=C(N)N)NC(=O)C(Cc2c[nH]c3ccccc23)NC(=O)C(NC(=O)C(NC(=O)C2CCCN2C(=O)C(Cc2ccccc2)NC(=O)C(C)NC=O)C(C)C)C(C)C)C(C)OC(=O)CN(C)C(=O)C(C(C)O)NC(=O)C(CC(N)=O)NC1=O. The Morgan fingerprint density at radius 3 is 1.86 bits per heavy atom. The van der Waals surface area contributed by atoms with Crippen LogP contribution in [0.2, 0.25) is 0 Å². The molecule has 1 aromatic heterocycles. The second-order valence-electron chi connectivity index (χ2n) is 30.3. The Labute approximate surface area is 681 Å². The average molecular weight is 1680 g/mol. The summed E-state index contributed by atoms with van der Waals surface area (Å²) >= 11 is 0. The molecule has 3 aromatic rings. The zero-order valence-electron chi connectivity index (χ0n) is 67.7. The lowest BCUT2D eigenvalue weighted by Gasteiger charge is -2.34. The molecule has 22 N–H and O–H groups in total. The van der Waals surface area contributed by atoms with Gasteiger partial charge < -0.3 is 111 Å². The van der Waals surface area contributed by atoms with Gasteiger partial charge in [-0.25, -0.2) is 0 Å². The molecule has 0 bridgehead atoms. The van der Waals surface area contributed by atoms with Crippen LogP contribution >= 0.6 is 0 Å². The Morgan fingerprint density at radius 2 is 1.26 bits per heavy atom. The highest BCUT2D eigenvalue weighted by molar-refractivity contribution is 7.85. The summed E-state index contributed by atoms with van der Waals surface area (Å²) in [5.74, 6) is -21.7. The highest BCUT2D eigenvalue weighted by Crippen LogP contribution is 2.24. The predicted octanol–water partition coefficient (Wildman–Crippen LogP) is -6.02. The number of cyclic esters (lactones) is 1. The molecule has 0 saturated carbocycles. The van der Waals surface area contributed by atoms with Gasteiger partial charge >= 0.3 is 5.97 Å². The largest absolute Gasteiger partial charge is 0.459 e. The number of guanidine groups is 1. The zero-order valence-corrected chi connectivity index (χ0v) is 68.5. The summed E-state index contributed by atoms with van der Waals surface area (Å²) in [5.41, 5.74) is 23.9. The number of benzene rings is 2. The number of carbonyl (C=O) groups excluding carboxylic acids is 17. The van der Waals surface area contributed by atoms with Gasteiger partial charge in [0.05, 0.1) is 12.5 Å². The fraction of sp³-hybridized carbons (Fsp3) is 0.573. The van der Waals surface area contributed by atoms with Crippen LogP contribution in [0.1, 0.15) is 125 Å². The molecular weight excluding hydrogens is 1570 g/mol. The van der Waals surface area contributed by atoms with E-state index < -0.39 is 257 Å². The number of hydrogen-bond acceptors (Lipinski definition) is 22. The predicted molar refractivity (Wildman–Crippen MR) is 424 cm³/mol. The third kappa shape index (κ3) is 29.4. The van der Waals surface area contributed by atoms with E-state index in [1.54, 1.807) is 102 Å². The monoisotopic (exact) mass is 1680 g/mol. The maximum Gasteiger partial charge on any atom is 0.325 e. The molecule has 0 spiro atoms. The molecule has 16 amide bonds. The Kier molecular flexibility index (Phi) is 36.9. The maximum absolute atomic E-state index is 15.2. The maximum atomic E-state index is 15.2. The number of nitrogens with zero attached hydrogens (tertiary/aromatic N) is 4. The Bertz CT molecular complexity index is 4270. The molecular formula is C75H112N20O22S. The van der Waals surface area contributed by atoms with Crippen molar-refractivity contribution in [1.29, 1.82) is 0 Å². The third-order valence-electron chi connectivity index (χ3n) is 19.6. The highest BCUT2D eigenvalue weighted by Gasteiger charge is 2.45. The number of esters is 1. The lowest BCUT2D eigenvalue weighted by atomic mass is 9.98. The number of ether oxygens (including phenoxy) is 1. The van der Waals surface area contributed by atoms with E-state index in [1.807, 2.05) is 0 Å². The number of aliphatic hydroxyl groups excluding tert-OH is 1. The van der Waals surface area contributed by atoms with Crippen molar-refractivity contribution in [2.24, 2.45) is 45.7 Å². The number of amides is 16. The van der Waals surface area contributed by atoms with E-state index >= 15 is 14.4 Å². The molecule has 2 fully saturated rings. The number of carbonyl (C=O) groups is 17. The molecule has 15 atom stereocenters. The van der Waals surface area contributed by atoms with Gasteiger partial charge in [0.2, 0.25) is 95.0 Å². The van der Waals surface area contributed by atoms with Gasteiger partial charge in [-0.15, -0.1) is 0 Å². The minimum Gasteiger partial charge on any atom is -0.459 e. The van der Waals surface area contributed by atoms with Gasteiger partial charge in [-0.2, -0.15) is 8.42 Å². The van der Waals surface area contributed by atoms with E-state index in [9.17, 15) is 85.2 Å². The third-order valence-corrected chi connectivity index (χ3v) is 20.3. The van der Waals surface area contributed by atoms with Crippen LogP contribution in [-0.2, 0) is 109 Å². The number of likely N-dealkylation sites (tertiary alicyclic amines) is 1. The smallest absolute Gasteiger partial charge is 0.325 e. The second kappa shape index (κ2) is 45.0. The van der Waals surface area contributed by atoms with Crippen molar-refractivity contribution < 1.29 is 104 Å². The van der Waals surface area contributed by atoms with Gasteiger partial charge in [0.25, 0.3) is 10.1 Å². The molecule has 2 aliphatic rings. The summed E-state index contributed by atoms with van der Waals surface area (Å²) in [6, 6.07) is -6.36. The number of aromatic nitrogens is 1. The number of H-pyrrole nitrogens is 1. The zero-order chi connectivity index (χ0) is 88.3. The number of rotatable bonds is 37. The van der Waals surface area contributed by atoms with E-state index in [1.165, 1.54) is 11.8 Å². The van der Waals surface area contributed by atoms with Crippen molar-refractivity contribution >= 4 is 128 Å². The number of nitrogens with two attached hydrogens (primary N) is 4. The van der Waals surface area contributed by atoms with Crippen LogP contribution in [0.25, 0.3) is 10.9 Å². The van der Waals surface area contributed by atoms with Gasteiger partial charge in [0, 0.05) is 63.5 Å². The fourth-order valence-electron chi connectivity index (χ4n) is 13.2. The van der Waals surface area contributed by atoms with E-state index in [0.717, 1.165) is 27.9 Å². The molecule has 650 valence electrons. The first-order chi connectivity index (χ1) is 55.3. The number of aliphatic imine (C=N–C) groups is 1. The van der Waals surface area contributed by atoms with Crippen molar-refractivity contribution in [3.05, 3.63) is 71.9 Å². The minimum absolute atomic E-state index is 0.0126. The first kappa shape index (κ1) is 96.7. The average Bonchev–Trinajstić information content (AvgIpc) is 1.56. The molecule has 3 heterocycles. The lowest BCUT2D eigenvalue weighted by Crippen LogP contribution is -2.63. The number of hydrogen-bond donors (Lipinski definition) is 18. The summed E-state index contributed by atoms with van der Waals surface area (Å²) in [6.45, 7) is 11.9. The molecule has 0 radical (unpaired) electrons. The number of para-hydroxylation sites is 1. The topological polar surface area (TPSA) is 648 Å². The van der Waals surface area contributed by atoms with E-state index in [0.29, 0.717) is 44.7 Å². The Morgan fingerprint density at radius 1 is 0.678 bits per heavy atom. The van der Waals surface area contributed by atoms with Crippen LogP contribution < -0.4 is 81.4 Å². The van der Waals surface area contributed by atoms with Gasteiger partial charge in [-0.05, 0) is 94.2 Å². The van der Waals surface area contributed by atoms with Crippen LogP contribution in [-0.4, -0.2) is 275 Å². The van der Waals surface area contributed by atoms with Gasteiger partial charge in [-0.3, -0.25) is 91.1 Å². The standard InChI is InChI=1S/C75H112N20O22S/c1-37(2)29-48-64(103)84-50(32-56(77)99)66(105)91-60(41(8)97)73(112)93(10)34-57(100)117-42(9)61(74(113)94(11)53(68(107)85-48)25-26-55(76)98)92-67(106)52(35-118(114,115)116)88-63(102)47(23-17-27-80-75(78)79)83-65(104)49(31-44-33-81-46-22-16-15-21-45(44)46)86-70(109)58(38(3)4)90-71(110)59(39(5)6)89-69(108)54-24-18-28-95(54)72(111)51(30-43-19-13-12-14-20-43)87-62(101)40(7)82-36-96/h12-16,19-22,33,36-42,47-54,58-61,81,97H,17-18,23-32,34-35H2,1-11H3,(H2,76,98)(H2,77,99)(H,82,96)(H,83,104)(H,84,103)(H,85,107)(H,86,109)(H,87,101)(H,88,102)(H,89,108)(H,90,110)(H,91,105)(H,92,106)(H4,78,79,80)(H,114,115,116). The van der Waals surface area contributed by atoms with Gasteiger partial charge in [-0.1, -0.05) is 90.1 Å². The van der Waals surface area contributed by atoms with Crippen molar-refractivity contribution in [2.45, 2.75) is 217 Å². The number of aliphatic hydroxyl groups is 1. The van der Waals surface area contributed by atoms with Crippen LogP contribution in [0.4, 0.5) is 0 Å². The molecule has 15 unspecified atom stereocenters. The van der Waals surface area contributed by atoms with Crippen LogP contribution in [0.5, 0.6) is 0 Å². The molecule has 5 rings (SSSR count). The number of fused-ring (bicyclic) bond motifs is 1. The normalized spacial score (nSPS) is 20.7. The molecule has 42 nitrogen and oxygen atoms in total. The van der Waals surface area contributed by atoms with Crippen molar-refractivity contribution in [2.75, 3.05) is 39.5 Å². The fourth-order valence-corrected chi connectivity index (χ4v) is 13.9. The van der Waals surface area contributed by atoms with E-state index in [4.69, 9.17) is 27.7 Å². The summed E-state index contributed by atoms with van der Waals surface area (Å²) < 4.78 is 42.1. The number of nitrogens with one attached hydrogen (secondary N) is 12. The van der Waals surface area contributed by atoms with Gasteiger partial charge in [0.15, 0.2) is 5.96 Å². The highest BCUT2D eigenvalue weighted by atomic mass is 32.2. The van der Waals surface area contributed by atoms with Crippen molar-refractivity contribution in [3.63, 3.8) is 0 Å². The first-order valence-corrected chi connectivity index (χ1v) is 40.0. The quantitative estimate of drug-likeness (QED) is 0.00638. The summed E-state index contributed by atoms with van der Waals surface area (Å²) in [5, 5.41) is 38.4. The summed E-state index contributed by atoms with van der Waals surface area (Å²) in [6.07, 6.45) is -4.71. The number of likely N-dealkylation sites (N-methyl/N-ethyl adjacent to an activating group) is 2. The van der Waals surface area contributed by atoms with Gasteiger partial charge in [0.1, 0.15) is 96.9 Å². The number of primary amides is 2. The lowest BCUT2D eigenvalue weighted by molar-refractivity contribution is -0.158. The molecule has 2 aliphatic heterocycles.